The lowest BCUT2D eigenvalue weighted by atomic mass is 9.97. The van der Waals surface area contributed by atoms with Gasteiger partial charge in [0.15, 0.2) is 18.9 Å². The third-order valence-corrected chi connectivity index (χ3v) is 5.55. The van der Waals surface area contributed by atoms with Crippen molar-refractivity contribution in [2.24, 2.45) is 0 Å². The van der Waals surface area contributed by atoms with Gasteiger partial charge >= 0.3 is 0 Å². The molecule has 0 aromatic rings. The largest absolute Gasteiger partial charge is 0.388 e. The van der Waals surface area contributed by atoms with Crippen LogP contribution in [-0.4, -0.2) is 145 Å². The molecule has 14 atom stereocenters. The molecule has 9 N–H and O–H groups in total. The minimum Gasteiger partial charge on any atom is -0.388 e. The first-order valence-electron chi connectivity index (χ1n) is 10.1. The highest BCUT2D eigenvalue weighted by atomic mass is 16.7. The summed E-state index contributed by atoms with van der Waals surface area (Å²) in [6.07, 6.45) is -21.9. The second kappa shape index (κ2) is 11.5. The lowest BCUT2D eigenvalue weighted by molar-refractivity contribution is -0.355. The molecule has 14 nitrogen and oxygen atoms in total. The number of carbonyl (C=O) groups is 1. The summed E-state index contributed by atoms with van der Waals surface area (Å²) >= 11 is 0. The molecule has 2 heterocycles. The molecule has 32 heavy (non-hydrogen) atoms. The lowest BCUT2D eigenvalue weighted by Crippen LogP contribution is -2.63. The molecule has 0 aliphatic carbocycles. The van der Waals surface area contributed by atoms with Crippen molar-refractivity contribution in [1.29, 1.82) is 0 Å². The number of rotatable bonds is 9. The van der Waals surface area contributed by atoms with Crippen LogP contribution in [0.1, 0.15) is 13.8 Å². The number of aliphatic hydroxyl groups is 9. The second-order valence-corrected chi connectivity index (χ2v) is 7.98. The first-order chi connectivity index (χ1) is 14.9. The number of hydrogen-bond acceptors (Lipinski definition) is 14. The molecule has 0 radical (unpaired) electrons. The molecule has 0 amide bonds. The smallest absolute Gasteiger partial charge is 0.187 e. The Labute approximate surface area is 183 Å². The molecule has 2 fully saturated rings. The molecule has 2 aliphatic rings. The average molecular weight is 472 g/mol. The van der Waals surface area contributed by atoms with Crippen LogP contribution in [0.15, 0.2) is 0 Å². The molecule has 188 valence electrons. The van der Waals surface area contributed by atoms with Gasteiger partial charge in [-0.05, 0) is 13.8 Å². The van der Waals surface area contributed by atoms with Crippen molar-refractivity contribution < 1.29 is 69.7 Å². The summed E-state index contributed by atoms with van der Waals surface area (Å²) in [6.45, 7) is 2.12. The van der Waals surface area contributed by atoms with Crippen LogP contribution in [0.3, 0.4) is 0 Å². The van der Waals surface area contributed by atoms with Gasteiger partial charge < -0.3 is 69.7 Å². The van der Waals surface area contributed by atoms with Gasteiger partial charge in [0.1, 0.15) is 61.0 Å². The van der Waals surface area contributed by atoms with E-state index in [1.54, 1.807) is 0 Å². The highest BCUT2D eigenvalue weighted by Gasteiger charge is 2.49. The van der Waals surface area contributed by atoms with E-state index in [0.717, 1.165) is 0 Å². The molecule has 0 bridgehead atoms. The number of aliphatic hydroxyl groups excluding tert-OH is 9. The van der Waals surface area contributed by atoms with Crippen molar-refractivity contribution in [3.63, 3.8) is 0 Å². The summed E-state index contributed by atoms with van der Waals surface area (Å²) in [4.78, 5) is 10.5. The topological polar surface area (TPSA) is 236 Å². The van der Waals surface area contributed by atoms with Crippen LogP contribution in [0.5, 0.6) is 0 Å². The van der Waals surface area contributed by atoms with Gasteiger partial charge in [0.05, 0.1) is 18.8 Å². The maximum Gasteiger partial charge on any atom is 0.187 e. The quantitative estimate of drug-likeness (QED) is 0.142. The third kappa shape index (κ3) is 5.98. The molecule has 0 aromatic heterocycles. The Balaban J connectivity index is 2.02. The minimum absolute atomic E-state index is 0.0288. The zero-order valence-electron chi connectivity index (χ0n) is 17.4. The van der Waals surface area contributed by atoms with E-state index in [2.05, 4.69) is 0 Å². The Morgan fingerprint density at radius 1 is 0.781 bits per heavy atom. The molecule has 14 heteroatoms. The van der Waals surface area contributed by atoms with E-state index in [4.69, 9.17) is 18.9 Å². The van der Waals surface area contributed by atoms with E-state index in [1.165, 1.54) is 13.8 Å². The molecular formula is C18H32O14. The lowest BCUT2D eigenvalue weighted by Gasteiger charge is -2.45. The number of carbonyl (C=O) groups excluding carboxylic acids is 1. The fourth-order valence-electron chi connectivity index (χ4n) is 3.38. The molecule has 0 unspecified atom stereocenters. The molecule has 0 saturated carbocycles. The van der Waals surface area contributed by atoms with E-state index in [-0.39, 0.29) is 6.29 Å². The number of aldehydes is 1. The zero-order chi connectivity index (χ0) is 24.3. The summed E-state index contributed by atoms with van der Waals surface area (Å²) in [5.41, 5.74) is 0. The van der Waals surface area contributed by atoms with Gasteiger partial charge in [-0.1, -0.05) is 0 Å². The van der Waals surface area contributed by atoms with E-state index < -0.39 is 92.4 Å². The van der Waals surface area contributed by atoms with Crippen molar-refractivity contribution in [1.82, 2.24) is 0 Å². The normalized spacial score (nSPS) is 44.5. The Kier molecular flexibility index (Phi) is 9.87. The van der Waals surface area contributed by atoms with E-state index in [9.17, 15) is 50.8 Å². The van der Waals surface area contributed by atoms with E-state index in [1.807, 2.05) is 0 Å². The molecule has 2 saturated heterocycles. The van der Waals surface area contributed by atoms with Gasteiger partial charge in [0.2, 0.25) is 0 Å². The standard InChI is InChI=1S/C18H32O14/c1-5-9(22)13(26)14(27)18(31-5)32-16-10(23)6(2)30-17(15(16)28)29-4-8(21)12(25)11(24)7(20)3-19/h3,5-18,20-28H,4H2,1-2H3/t5-,6-,7-,8+,9-,10-,11+,12-,13+,14+,15+,16+,17+,18-/m0/s1. The van der Waals surface area contributed by atoms with Gasteiger partial charge in [-0.15, -0.1) is 0 Å². The van der Waals surface area contributed by atoms with Crippen LogP contribution in [0.2, 0.25) is 0 Å². The Bertz CT molecular complexity index is 594. The third-order valence-electron chi connectivity index (χ3n) is 5.55. The second-order valence-electron chi connectivity index (χ2n) is 7.98. The molecule has 2 aliphatic heterocycles. The van der Waals surface area contributed by atoms with Crippen molar-refractivity contribution in [3.8, 4) is 0 Å². The summed E-state index contributed by atoms with van der Waals surface area (Å²) in [6, 6.07) is 0. The maximum atomic E-state index is 10.5. The van der Waals surface area contributed by atoms with Crippen molar-refractivity contribution in [2.45, 2.75) is 99.7 Å². The number of ether oxygens (including phenoxy) is 4. The van der Waals surface area contributed by atoms with Gasteiger partial charge in [-0.3, -0.25) is 0 Å². The van der Waals surface area contributed by atoms with Crippen LogP contribution < -0.4 is 0 Å². The summed E-state index contributed by atoms with van der Waals surface area (Å²) in [5, 5.41) is 89.2. The summed E-state index contributed by atoms with van der Waals surface area (Å²) < 4.78 is 21.3. The average Bonchev–Trinajstić information content (AvgIpc) is 2.77. The predicted molar refractivity (Wildman–Crippen MR) is 99.6 cm³/mol. The minimum atomic E-state index is -1.99. The van der Waals surface area contributed by atoms with Crippen molar-refractivity contribution >= 4 is 6.29 Å². The molecule has 0 spiro atoms. The van der Waals surface area contributed by atoms with Gasteiger partial charge in [0, 0.05) is 0 Å². The maximum absolute atomic E-state index is 10.5. The van der Waals surface area contributed by atoms with Crippen molar-refractivity contribution in [3.05, 3.63) is 0 Å². The first kappa shape index (κ1) is 27.4. The Morgan fingerprint density at radius 3 is 1.94 bits per heavy atom. The van der Waals surface area contributed by atoms with Gasteiger partial charge in [-0.2, -0.15) is 0 Å². The SMILES string of the molecule is C[C@@H]1O[C@@H](O[C@@H]2[C@@H](O)[C@H](C)O[C@@H](OC[C@@H](O)[C@H](O)[C@H](O)[C@@H](O)C=O)[C@@H]2O)[C@H](O)[C@H](O)[C@H]1O. The molecule has 0 aromatic carbocycles. The molecular weight excluding hydrogens is 440 g/mol. The summed E-state index contributed by atoms with van der Waals surface area (Å²) in [7, 11) is 0. The van der Waals surface area contributed by atoms with E-state index >= 15 is 0 Å². The highest BCUT2D eigenvalue weighted by molar-refractivity contribution is 5.56. The van der Waals surface area contributed by atoms with Crippen LogP contribution in [0.4, 0.5) is 0 Å². The Morgan fingerprint density at radius 2 is 1.34 bits per heavy atom. The van der Waals surface area contributed by atoms with Crippen LogP contribution >= 0.6 is 0 Å². The van der Waals surface area contributed by atoms with Crippen LogP contribution in [0, 0.1) is 0 Å². The van der Waals surface area contributed by atoms with Crippen LogP contribution in [0.25, 0.3) is 0 Å². The fourth-order valence-corrected chi connectivity index (χ4v) is 3.38. The number of hydrogen-bond donors (Lipinski definition) is 9. The highest BCUT2D eigenvalue weighted by Crippen LogP contribution is 2.29. The van der Waals surface area contributed by atoms with Gasteiger partial charge in [-0.25, -0.2) is 0 Å². The van der Waals surface area contributed by atoms with E-state index in [0.29, 0.717) is 0 Å². The van der Waals surface area contributed by atoms with Crippen LogP contribution in [-0.2, 0) is 23.7 Å². The molecule has 2 rings (SSSR count). The van der Waals surface area contributed by atoms with Crippen molar-refractivity contribution in [2.75, 3.05) is 6.61 Å². The van der Waals surface area contributed by atoms with Gasteiger partial charge in [0.25, 0.3) is 0 Å². The monoisotopic (exact) mass is 472 g/mol. The fraction of sp³-hybridized carbons (Fsp3) is 0.944. The predicted octanol–water partition coefficient (Wildman–Crippen LogP) is -5.68. The first-order valence-corrected chi connectivity index (χ1v) is 10.1. The zero-order valence-corrected chi connectivity index (χ0v) is 17.4. The Hall–Kier alpha value is -0.850. The summed E-state index contributed by atoms with van der Waals surface area (Å²) in [5.74, 6) is 0.